The quantitative estimate of drug-likeness (QED) is 0.446. The van der Waals surface area contributed by atoms with E-state index in [9.17, 15) is 5.11 Å². The maximum absolute atomic E-state index is 9.34. The first-order valence-electron chi connectivity index (χ1n) is 3.70. The Labute approximate surface area is 87.7 Å². The highest BCUT2D eigenvalue weighted by Gasteiger charge is 2.13. The van der Waals surface area contributed by atoms with Gasteiger partial charge in [-0.25, -0.2) is 0 Å². The highest BCUT2D eigenvalue weighted by atomic mass is 35.5. The fraction of sp³-hybridized carbons (Fsp3) is 0.111. The van der Waals surface area contributed by atoms with Crippen molar-refractivity contribution < 1.29 is 15.3 Å². The first kappa shape index (κ1) is 12.6. The topological polar surface area (TPSA) is 86.7 Å². The van der Waals surface area contributed by atoms with Crippen LogP contribution in [-0.4, -0.2) is 15.3 Å². The lowest BCUT2D eigenvalue weighted by Crippen LogP contribution is -2.06. The largest absolute Gasteiger partial charge is 0.504 e. The van der Waals surface area contributed by atoms with Crippen LogP contribution in [0, 0.1) is 0 Å². The molecule has 1 aromatic rings. The molecule has 1 atom stereocenters. The molecule has 0 aliphatic rings. The van der Waals surface area contributed by atoms with Crippen molar-refractivity contribution in [1.82, 2.24) is 0 Å². The fourth-order valence-electron chi connectivity index (χ4n) is 0.981. The molecule has 14 heavy (non-hydrogen) atoms. The Balaban J connectivity index is 0.00000169. The van der Waals surface area contributed by atoms with Crippen LogP contribution in [0.4, 0.5) is 0 Å². The van der Waals surface area contributed by atoms with Crippen LogP contribution in [0.3, 0.4) is 0 Å². The monoisotopic (exact) mass is 217 g/mol. The summed E-state index contributed by atoms with van der Waals surface area (Å²) in [4.78, 5) is 0. The number of phenolic OH excluding ortho intramolecular Hbond substituents is 3. The number of hydrogen-bond acceptors (Lipinski definition) is 4. The Morgan fingerprint density at radius 2 is 1.79 bits per heavy atom. The minimum Gasteiger partial charge on any atom is -0.504 e. The molecule has 5 heteroatoms. The summed E-state index contributed by atoms with van der Waals surface area (Å²) in [6.07, 6.45) is 1.42. The fourth-order valence-corrected chi connectivity index (χ4v) is 0.981. The van der Waals surface area contributed by atoms with Gasteiger partial charge in [-0.05, 0) is 12.1 Å². The van der Waals surface area contributed by atoms with E-state index in [4.69, 9.17) is 15.9 Å². The third-order valence-corrected chi connectivity index (χ3v) is 1.77. The van der Waals surface area contributed by atoms with Crippen LogP contribution in [0.15, 0.2) is 24.8 Å². The van der Waals surface area contributed by atoms with E-state index >= 15 is 0 Å². The van der Waals surface area contributed by atoms with E-state index in [1.54, 1.807) is 0 Å². The lowest BCUT2D eigenvalue weighted by Gasteiger charge is -2.10. The Morgan fingerprint density at radius 3 is 2.29 bits per heavy atom. The molecule has 0 aromatic heterocycles. The number of halogens is 1. The van der Waals surface area contributed by atoms with Gasteiger partial charge >= 0.3 is 0 Å². The molecule has 0 saturated carbocycles. The van der Waals surface area contributed by atoms with Gasteiger partial charge in [-0.15, -0.1) is 19.0 Å². The molecule has 5 N–H and O–H groups in total. The van der Waals surface area contributed by atoms with Crippen LogP contribution in [0.2, 0.25) is 0 Å². The molecule has 1 aromatic carbocycles. The third-order valence-electron chi connectivity index (χ3n) is 1.77. The zero-order chi connectivity index (χ0) is 10.0. The smallest absolute Gasteiger partial charge is 0.200 e. The van der Waals surface area contributed by atoms with E-state index in [0.717, 1.165) is 0 Å². The molecule has 0 aliphatic heterocycles. The van der Waals surface area contributed by atoms with E-state index in [-0.39, 0.29) is 18.2 Å². The molecule has 0 spiro atoms. The van der Waals surface area contributed by atoms with Crippen molar-refractivity contribution in [2.45, 2.75) is 6.04 Å². The van der Waals surface area contributed by atoms with Gasteiger partial charge < -0.3 is 21.1 Å². The molecule has 0 amide bonds. The lowest BCUT2D eigenvalue weighted by molar-refractivity contribution is 0.364. The average molecular weight is 218 g/mol. The van der Waals surface area contributed by atoms with Crippen molar-refractivity contribution in [1.29, 1.82) is 0 Å². The molecule has 0 heterocycles. The van der Waals surface area contributed by atoms with E-state index in [1.807, 2.05) is 0 Å². The minimum atomic E-state index is -0.563. The van der Waals surface area contributed by atoms with Crippen molar-refractivity contribution >= 4 is 12.4 Å². The van der Waals surface area contributed by atoms with E-state index in [2.05, 4.69) is 6.58 Å². The van der Waals surface area contributed by atoms with Crippen molar-refractivity contribution in [2.24, 2.45) is 5.73 Å². The van der Waals surface area contributed by atoms with E-state index in [1.165, 1.54) is 18.2 Å². The average Bonchev–Trinajstić information content (AvgIpc) is 2.13. The highest BCUT2D eigenvalue weighted by molar-refractivity contribution is 5.85. The first-order chi connectivity index (χ1) is 6.07. The molecular formula is C9H12ClNO3. The number of aromatic hydroxyl groups is 3. The van der Waals surface area contributed by atoms with Gasteiger partial charge in [0.2, 0.25) is 5.75 Å². The highest BCUT2D eigenvalue weighted by Crippen LogP contribution is 2.39. The summed E-state index contributed by atoms with van der Waals surface area (Å²) >= 11 is 0. The van der Waals surface area contributed by atoms with Gasteiger partial charge in [0.15, 0.2) is 11.5 Å². The molecule has 0 aliphatic carbocycles. The van der Waals surface area contributed by atoms with E-state index in [0.29, 0.717) is 5.56 Å². The summed E-state index contributed by atoms with van der Waals surface area (Å²) in [7, 11) is 0. The van der Waals surface area contributed by atoms with Crippen LogP contribution in [-0.2, 0) is 0 Å². The third kappa shape index (κ3) is 2.10. The van der Waals surface area contributed by atoms with Crippen LogP contribution in [0.25, 0.3) is 0 Å². The Morgan fingerprint density at radius 1 is 1.21 bits per heavy atom. The lowest BCUT2D eigenvalue weighted by atomic mass is 10.1. The number of phenols is 3. The molecule has 78 valence electrons. The molecule has 4 nitrogen and oxygen atoms in total. The van der Waals surface area contributed by atoms with Crippen LogP contribution >= 0.6 is 12.4 Å². The molecule has 0 fully saturated rings. The summed E-state index contributed by atoms with van der Waals surface area (Å²) in [6.45, 7) is 3.45. The predicted octanol–water partition coefficient (Wildman–Crippen LogP) is 1.41. The molecular weight excluding hydrogens is 206 g/mol. The molecule has 0 saturated heterocycles. The van der Waals surface area contributed by atoms with Gasteiger partial charge in [0.05, 0.1) is 6.04 Å². The standard InChI is InChI=1S/C9H11NO3.ClH/c1-2-6(10)5-3-4-7(11)9(13)8(5)12;/h2-4,6,11-13H,1,10H2;1H/t6-;/m0./s1. The van der Waals surface area contributed by atoms with Crippen molar-refractivity contribution in [3.8, 4) is 17.2 Å². The molecule has 0 unspecified atom stereocenters. The minimum absolute atomic E-state index is 0. The zero-order valence-electron chi connectivity index (χ0n) is 7.34. The number of benzene rings is 1. The second kappa shape index (κ2) is 4.74. The SMILES string of the molecule is C=C[C@H](N)c1ccc(O)c(O)c1O.Cl. The van der Waals surface area contributed by atoms with Crippen LogP contribution in [0.5, 0.6) is 17.2 Å². The van der Waals surface area contributed by atoms with E-state index < -0.39 is 17.5 Å². The van der Waals surface area contributed by atoms with Gasteiger partial charge in [-0.2, -0.15) is 0 Å². The number of rotatable bonds is 2. The van der Waals surface area contributed by atoms with Gasteiger partial charge in [0.25, 0.3) is 0 Å². The van der Waals surface area contributed by atoms with Crippen molar-refractivity contribution in [3.63, 3.8) is 0 Å². The number of hydrogen-bond donors (Lipinski definition) is 4. The maximum Gasteiger partial charge on any atom is 0.200 e. The number of nitrogens with two attached hydrogens (primary N) is 1. The second-order valence-electron chi connectivity index (χ2n) is 2.63. The summed E-state index contributed by atoms with van der Waals surface area (Å²) in [5, 5.41) is 27.5. The van der Waals surface area contributed by atoms with Crippen molar-refractivity contribution in [2.75, 3.05) is 0 Å². The molecule has 1 rings (SSSR count). The van der Waals surface area contributed by atoms with Crippen LogP contribution in [0.1, 0.15) is 11.6 Å². The zero-order valence-corrected chi connectivity index (χ0v) is 8.16. The maximum atomic E-state index is 9.34. The van der Waals surface area contributed by atoms with Crippen molar-refractivity contribution in [3.05, 3.63) is 30.4 Å². The molecule has 0 radical (unpaired) electrons. The Bertz CT molecular complexity index is 341. The second-order valence-corrected chi connectivity index (χ2v) is 2.63. The van der Waals surface area contributed by atoms with Gasteiger partial charge in [-0.3, -0.25) is 0 Å². The van der Waals surface area contributed by atoms with Crippen LogP contribution < -0.4 is 5.73 Å². The summed E-state index contributed by atoms with van der Waals surface area (Å²) in [5.41, 5.74) is 5.87. The normalized spacial score (nSPS) is 11.5. The summed E-state index contributed by atoms with van der Waals surface area (Å²) in [5.74, 6) is -1.35. The first-order valence-corrected chi connectivity index (χ1v) is 3.70. The predicted molar refractivity (Wildman–Crippen MR) is 55.8 cm³/mol. The van der Waals surface area contributed by atoms with Gasteiger partial charge in [-0.1, -0.05) is 6.08 Å². The van der Waals surface area contributed by atoms with Gasteiger partial charge in [0.1, 0.15) is 0 Å². The summed E-state index contributed by atoms with van der Waals surface area (Å²) in [6, 6.07) is 2.12. The Kier molecular flexibility index (Phi) is 4.27. The van der Waals surface area contributed by atoms with Gasteiger partial charge in [0, 0.05) is 5.56 Å². The summed E-state index contributed by atoms with van der Waals surface area (Å²) < 4.78 is 0. The Hall–Kier alpha value is -1.39. The molecule has 0 bridgehead atoms.